The summed E-state index contributed by atoms with van der Waals surface area (Å²) in [5, 5.41) is 2.54. The Morgan fingerprint density at radius 2 is 2.02 bits per heavy atom. The lowest BCUT2D eigenvalue weighted by Gasteiger charge is -2.26. The summed E-state index contributed by atoms with van der Waals surface area (Å²) in [6.45, 7) is 7.98. The van der Waals surface area contributed by atoms with Gasteiger partial charge in [-0.3, -0.25) is 13.9 Å². The van der Waals surface area contributed by atoms with Gasteiger partial charge in [-0.05, 0) is 39.8 Å². The number of hydrogen-bond acceptors (Lipinski definition) is 11. The number of aromatic nitrogens is 4. The number of halogens is 1. The van der Waals surface area contributed by atoms with Crippen LogP contribution in [0.25, 0.3) is 11.2 Å². The highest BCUT2D eigenvalue weighted by atomic mass is 31.2. The molecule has 0 spiro atoms. The molecule has 3 heterocycles. The lowest BCUT2D eigenvalue weighted by Crippen LogP contribution is -2.37. The SMILES string of the molecule is CCOc1nc(N)nc2c1ncn2C1OC(F)(COP(=O)(NC(C)C(=O)OC(C)C)Oc2ccccc2)CC1C. The number of rotatable bonds is 12. The number of imidazole rings is 1. The zero-order valence-electron chi connectivity index (χ0n) is 22.9. The highest BCUT2D eigenvalue weighted by Gasteiger charge is 2.49. The molecule has 3 N–H and O–H groups in total. The Labute approximate surface area is 231 Å². The number of nitrogen functional groups attached to an aromatic ring is 1. The number of nitrogens with one attached hydrogen (secondary N) is 1. The molecule has 1 fully saturated rings. The van der Waals surface area contributed by atoms with E-state index in [-0.39, 0.29) is 29.9 Å². The van der Waals surface area contributed by atoms with Crippen LogP contribution in [0.5, 0.6) is 11.6 Å². The minimum Gasteiger partial charge on any atom is -0.476 e. The van der Waals surface area contributed by atoms with Crippen LogP contribution in [0.2, 0.25) is 0 Å². The second-order valence-corrected chi connectivity index (χ2v) is 11.4. The number of nitrogens with two attached hydrogens (primary N) is 1. The smallest absolute Gasteiger partial charge is 0.459 e. The molecule has 0 saturated carbocycles. The molecule has 5 atom stereocenters. The molecular formula is C25H34FN6O7P. The topological polar surface area (TPSA) is 162 Å². The van der Waals surface area contributed by atoms with E-state index in [4.69, 9.17) is 29.0 Å². The third-order valence-electron chi connectivity index (χ3n) is 5.88. The van der Waals surface area contributed by atoms with E-state index in [2.05, 4.69) is 20.0 Å². The van der Waals surface area contributed by atoms with Crippen molar-refractivity contribution in [2.45, 2.75) is 65.3 Å². The molecule has 5 unspecified atom stereocenters. The number of benzene rings is 1. The van der Waals surface area contributed by atoms with Crippen LogP contribution in [0.1, 0.15) is 47.3 Å². The van der Waals surface area contributed by atoms with Crippen LogP contribution in [-0.4, -0.2) is 56.7 Å². The zero-order chi connectivity index (χ0) is 29.1. The van der Waals surface area contributed by atoms with Gasteiger partial charge in [0.25, 0.3) is 0 Å². The molecule has 13 nitrogen and oxygen atoms in total. The van der Waals surface area contributed by atoms with E-state index in [0.29, 0.717) is 17.8 Å². The van der Waals surface area contributed by atoms with Gasteiger partial charge in [0.2, 0.25) is 17.7 Å². The maximum absolute atomic E-state index is 16.1. The summed E-state index contributed by atoms with van der Waals surface area (Å²) in [5.41, 5.74) is 6.52. The monoisotopic (exact) mass is 580 g/mol. The molecular weight excluding hydrogens is 546 g/mol. The Hall–Kier alpha value is -3.32. The van der Waals surface area contributed by atoms with Gasteiger partial charge in [0.15, 0.2) is 11.2 Å². The number of esters is 1. The second-order valence-electron chi connectivity index (χ2n) is 9.73. The van der Waals surface area contributed by atoms with Gasteiger partial charge in [0.1, 0.15) is 24.6 Å². The van der Waals surface area contributed by atoms with E-state index in [1.165, 1.54) is 13.3 Å². The summed E-state index contributed by atoms with van der Waals surface area (Å²) >= 11 is 0. The van der Waals surface area contributed by atoms with Crippen LogP contribution < -0.4 is 20.1 Å². The van der Waals surface area contributed by atoms with Crippen molar-refractivity contribution in [2.75, 3.05) is 18.9 Å². The quantitative estimate of drug-likeness (QED) is 0.233. The lowest BCUT2D eigenvalue weighted by molar-refractivity contribution is -0.173. The van der Waals surface area contributed by atoms with Crippen LogP contribution in [0, 0.1) is 5.92 Å². The maximum atomic E-state index is 16.1. The van der Waals surface area contributed by atoms with Crippen molar-refractivity contribution in [2.24, 2.45) is 5.92 Å². The minimum atomic E-state index is -4.29. The molecule has 0 radical (unpaired) electrons. The summed E-state index contributed by atoms with van der Waals surface area (Å²) in [6, 6.07) is 7.11. The third-order valence-corrected chi connectivity index (χ3v) is 7.51. The van der Waals surface area contributed by atoms with E-state index in [9.17, 15) is 9.36 Å². The molecule has 3 aromatic rings. The highest BCUT2D eigenvalue weighted by Crippen LogP contribution is 2.49. The van der Waals surface area contributed by atoms with E-state index in [0.717, 1.165) is 0 Å². The second kappa shape index (κ2) is 12.0. The van der Waals surface area contributed by atoms with E-state index in [1.54, 1.807) is 62.6 Å². The first-order chi connectivity index (χ1) is 18.9. The minimum absolute atomic E-state index is 0.0339. The largest absolute Gasteiger partial charge is 0.476 e. The molecule has 1 aliphatic heterocycles. The van der Waals surface area contributed by atoms with Gasteiger partial charge in [0, 0.05) is 12.3 Å². The molecule has 1 aromatic carbocycles. The van der Waals surface area contributed by atoms with Crippen LogP contribution in [0.4, 0.5) is 10.3 Å². The number of para-hydroxylation sites is 1. The van der Waals surface area contributed by atoms with Crippen LogP contribution in [0.3, 0.4) is 0 Å². The molecule has 0 amide bonds. The van der Waals surface area contributed by atoms with Crippen molar-refractivity contribution in [3.05, 3.63) is 36.7 Å². The highest BCUT2D eigenvalue weighted by molar-refractivity contribution is 7.52. The molecule has 1 saturated heterocycles. The van der Waals surface area contributed by atoms with E-state index >= 15 is 4.39 Å². The van der Waals surface area contributed by atoms with Crippen LogP contribution in [0.15, 0.2) is 36.7 Å². The Kier molecular flexibility index (Phi) is 8.93. The Bertz CT molecular complexity index is 1380. The van der Waals surface area contributed by atoms with Gasteiger partial charge in [-0.1, -0.05) is 25.1 Å². The summed E-state index contributed by atoms with van der Waals surface area (Å²) < 4.78 is 59.0. The molecule has 218 valence electrons. The van der Waals surface area contributed by atoms with Gasteiger partial charge in [0.05, 0.1) is 19.0 Å². The number of fused-ring (bicyclic) bond motifs is 1. The van der Waals surface area contributed by atoms with Gasteiger partial charge < -0.3 is 24.5 Å². The Morgan fingerprint density at radius 3 is 2.70 bits per heavy atom. The van der Waals surface area contributed by atoms with Crippen molar-refractivity contribution < 1.29 is 37.0 Å². The standard InChI is InChI=1S/C25H34FN6O7P/c1-6-35-21-19-20(29-24(27)30-21)32(14-28-19)22-16(4)12-25(26,38-22)13-36-40(34,39-18-10-8-7-9-11-18)31-17(5)23(33)37-15(2)3/h7-11,14-17,22H,6,12-13H2,1-5H3,(H,31,34)(H2,27,29,30). The fourth-order valence-electron chi connectivity index (χ4n) is 4.23. The molecule has 0 bridgehead atoms. The summed E-state index contributed by atoms with van der Waals surface area (Å²) in [6.07, 6.45) is 0.106. The van der Waals surface area contributed by atoms with Crippen molar-refractivity contribution in [3.63, 3.8) is 0 Å². The molecule has 2 aromatic heterocycles. The number of hydrogen-bond donors (Lipinski definition) is 2. The van der Waals surface area contributed by atoms with Crippen LogP contribution in [-0.2, 0) is 23.4 Å². The summed E-state index contributed by atoms with van der Waals surface area (Å²) in [5.74, 6) is -3.04. The number of anilines is 1. The molecule has 15 heteroatoms. The van der Waals surface area contributed by atoms with Gasteiger partial charge in [-0.25, -0.2) is 13.9 Å². The Morgan fingerprint density at radius 1 is 1.30 bits per heavy atom. The summed E-state index contributed by atoms with van der Waals surface area (Å²) in [7, 11) is -4.29. The normalized spacial score (nSPS) is 23.2. The fourth-order valence-corrected chi connectivity index (χ4v) is 5.75. The zero-order valence-corrected chi connectivity index (χ0v) is 23.8. The van der Waals surface area contributed by atoms with Crippen LogP contribution >= 0.6 is 7.75 Å². The molecule has 1 aliphatic rings. The van der Waals surface area contributed by atoms with E-state index in [1.807, 2.05) is 0 Å². The van der Waals surface area contributed by atoms with Crippen molar-refractivity contribution >= 4 is 30.8 Å². The molecule has 40 heavy (non-hydrogen) atoms. The fraction of sp³-hybridized carbons (Fsp3) is 0.520. The Balaban J connectivity index is 1.53. The van der Waals surface area contributed by atoms with Crippen molar-refractivity contribution in [3.8, 4) is 11.6 Å². The average molecular weight is 581 g/mol. The number of alkyl halides is 1. The average Bonchev–Trinajstić information content (AvgIpc) is 3.43. The van der Waals surface area contributed by atoms with E-state index < -0.39 is 44.6 Å². The van der Waals surface area contributed by atoms with Crippen molar-refractivity contribution in [1.29, 1.82) is 0 Å². The number of nitrogens with zero attached hydrogens (tertiary/aromatic N) is 4. The maximum Gasteiger partial charge on any atom is 0.459 e. The van der Waals surface area contributed by atoms with Gasteiger partial charge >= 0.3 is 13.7 Å². The number of carbonyl (C=O) groups excluding carboxylic acids is 1. The predicted octanol–water partition coefficient (Wildman–Crippen LogP) is 4.16. The third kappa shape index (κ3) is 6.87. The van der Waals surface area contributed by atoms with Gasteiger partial charge in [-0.2, -0.15) is 15.1 Å². The number of ether oxygens (including phenoxy) is 3. The predicted molar refractivity (Wildman–Crippen MR) is 143 cm³/mol. The number of carbonyl (C=O) groups is 1. The first-order valence-corrected chi connectivity index (χ1v) is 14.4. The molecule has 4 rings (SSSR count). The first-order valence-electron chi connectivity index (χ1n) is 12.9. The van der Waals surface area contributed by atoms with Crippen molar-refractivity contribution in [1.82, 2.24) is 24.6 Å². The van der Waals surface area contributed by atoms with Gasteiger partial charge in [-0.15, -0.1) is 0 Å². The first kappa shape index (κ1) is 29.7. The molecule has 0 aliphatic carbocycles. The lowest BCUT2D eigenvalue weighted by atomic mass is 10.1. The summed E-state index contributed by atoms with van der Waals surface area (Å²) in [4.78, 5) is 25.0.